The van der Waals surface area contributed by atoms with E-state index in [-0.39, 0.29) is 6.04 Å². The highest BCUT2D eigenvalue weighted by molar-refractivity contribution is 9.10. The van der Waals surface area contributed by atoms with E-state index in [4.69, 9.17) is 4.74 Å². The van der Waals surface area contributed by atoms with Gasteiger partial charge in [-0.15, -0.1) is 0 Å². The molecule has 3 heteroatoms. The SMILES string of the molecule is Brc1ccccc1C1=NC(Cc2ccccc2)CO1. The summed E-state index contributed by atoms with van der Waals surface area (Å²) in [5.74, 6) is 0.744. The Labute approximate surface area is 121 Å². The summed E-state index contributed by atoms with van der Waals surface area (Å²) in [5, 5.41) is 0. The lowest BCUT2D eigenvalue weighted by Crippen LogP contribution is -2.09. The van der Waals surface area contributed by atoms with Gasteiger partial charge in [0.15, 0.2) is 0 Å². The van der Waals surface area contributed by atoms with Crippen molar-refractivity contribution >= 4 is 21.8 Å². The third-order valence-electron chi connectivity index (χ3n) is 3.13. The second-order valence-electron chi connectivity index (χ2n) is 4.57. The summed E-state index contributed by atoms with van der Waals surface area (Å²) in [6.07, 6.45) is 0.925. The molecule has 0 amide bonds. The van der Waals surface area contributed by atoms with Crippen molar-refractivity contribution in [1.29, 1.82) is 0 Å². The lowest BCUT2D eigenvalue weighted by molar-refractivity contribution is 0.317. The lowest BCUT2D eigenvalue weighted by Gasteiger charge is -2.04. The first-order valence-electron chi connectivity index (χ1n) is 6.32. The van der Waals surface area contributed by atoms with Gasteiger partial charge in [0, 0.05) is 4.47 Å². The molecule has 1 heterocycles. The molecule has 1 unspecified atom stereocenters. The highest BCUT2D eigenvalue weighted by atomic mass is 79.9. The van der Waals surface area contributed by atoms with Crippen molar-refractivity contribution in [2.24, 2.45) is 4.99 Å². The van der Waals surface area contributed by atoms with Gasteiger partial charge in [0.2, 0.25) is 5.90 Å². The van der Waals surface area contributed by atoms with Gasteiger partial charge >= 0.3 is 0 Å². The average molecular weight is 316 g/mol. The standard InChI is InChI=1S/C16H14BrNO/c17-15-9-5-4-8-14(15)16-18-13(11-19-16)10-12-6-2-1-3-7-12/h1-9,13H,10-11H2. The van der Waals surface area contributed by atoms with Crippen LogP contribution in [0.5, 0.6) is 0 Å². The first-order valence-corrected chi connectivity index (χ1v) is 7.11. The number of nitrogens with zero attached hydrogens (tertiary/aromatic N) is 1. The van der Waals surface area contributed by atoms with E-state index in [1.165, 1.54) is 5.56 Å². The molecule has 0 fully saturated rings. The molecule has 0 saturated heterocycles. The van der Waals surface area contributed by atoms with Crippen molar-refractivity contribution in [1.82, 2.24) is 0 Å². The second-order valence-corrected chi connectivity index (χ2v) is 5.42. The van der Waals surface area contributed by atoms with Crippen LogP contribution >= 0.6 is 15.9 Å². The van der Waals surface area contributed by atoms with Crippen LogP contribution in [0.3, 0.4) is 0 Å². The molecule has 0 spiro atoms. The molecule has 1 aliphatic rings. The Bertz CT molecular complexity index is 595. The maximum Gasteiger partial charge on any atom is 0.217 e. The fourth-order valence-electron chi connectivity index (χ4n) is 2.19. The summed E-state index contributed by atoms with van der Waals surface area (Å²) in [5.41, 5.74) is 2.33. The smallest absolute Gasteiger partial charge is 0.217 e. The Balaban J connectivity index is 1.77. The van der Waals surface area contributed by atoms with E-state index in [9.17, 15) is 0 Å². The van der Waals surface area contributed by atoms with Crippen molar-refractivity contribution in [3.8, 4) is 0 Å². The number of aliphatic imine (C=N–C) groups is 1. The van der Waals surface area contributed by atoms with Crippen molar-refractivity contribution in [3.05, 3.63) is 70.2 Å². The summed E-state index contributed by atoms with van der Waals surface area (Å²) in [4.78, 5) is 4.68. The fourth-order valence-corrected chi connectivity index (χ4v) is 2.64. The van der Waals surface area contributed by atoms with E-state index in [1.807, 2.05) is 30.3 Å². The van der Waals surface area contributed by atoms with E-state index in [1.54, 1.807) is 0 Å². The Hall–Kier alpha value is -1.61. The Kier molecular flexibility index (Phi) is 3.65. The molecule has 0 aliphatic carbocycles. The lowest BCUT2D eigenvalue weighted by atomic mass is 10.1. The van der Waals surface area contributed by atoms with Gasteiger partial charge in [-0.3, -0.25) is 0 Å². The van der Waals surface area contributed by atoms with Gasteiger partial charge in [-0.25, -0.2) is 4.99 Å². The van der Waals surface area contributed by atoms with Crippen LogP contribution in [-0.2, 0) is 11.2 Å². The van der Waals surface area contributed by atoms with Gasteiger partial charge in [-0.1, -0.05) is 42.5 Å². The van der Waals surface area contributed by atoms with Crippen LogP contribution in [0.25, 0.3) is 0 Å². The number of ether oxygens (including phenoxy) is 1. The number of halogens is 1. The van der Waals surface area contributed by atoms with E-state index < -0.39 is 0 Å². The van der Waals surface area contributed by atoms with Gasteiger partial charge in [0.25, 0.3) is 0 Å². The topological polar surface area (TPSA) is 21.6 Å². The normalized spacial score (nSPS) is 17.9. The van der Waals surface area contributed by atoms with Gasteiger partial charge in [-0.05, 0) is 40.0 Å². The minimum Gasteiger partial charge on any atom is -0.475 e. The summed E-state index contributed by atoms with van der Waals surface area (Å²) in [7, 11) is 0. The average Bonchev–Trinajstić information content (AvgIpc) is 2.89. The van der Waals surface area contributed by atoms with Crippen molar-refractivity contribution in [2.45, 2.75) is 12.5 Å². The zero-order chi connectivity index (χ0) is 13.1. The van der Waals surface area contributed by atoms with Gasteiger partial charge < -0.3 is 4.74 Å². The van der Waals surface area contributed by atoms with Gasteiger partial charge in [0.1, 0.15) is 6.61 Å². The zero-order valence-electron chi connectivity index (χ0n) is 10.4. The van der Waals surface area contributed by atoms with E-state index in [0.29, 0.717) is 6.61 Å². The first kappa shape index (κ1) is 12.4. The minimum atomic E-state index is 0.213. The molecule has 0 aromatic heterocycles. The van der Waals surface area contributed by atoms with Gasteiger partial charge in [0.05, 0.1) is 11.6 Å². The maximum atomic E-state index is 5.72. The Morgan fingerprint density at radius 3 is 2.58 bits per heavy atom. The van der Waals surface area contributed by atoms with Crippen molar-refractivity contribution in [2.75, 3.05) is 6.61 Å². The molecule has 0 radical (unpaired) electrons. The maximum absolute atomic E-state index is 5.72. The highest BCUT2D eigenvalue weighted by Gasteiger charge is 2.21. The number of rotatable bonds is 3. The molecule has 1 aliphatic heterocycles. The molecule has 1 atom stereocenters. The third-order valence-corrected chi connectivity index (χ3v) is 3.82. The largest absolute Gasteiger partial charge is 0.475 e. The molecular weight excluding hydrogens is 302 g/mol. The van der Waals surface area contributed by atoms with Crippen LogP contribution < -0.4 is 0 Å². The molecule has 2 nitrogen and oxygen atoms in total. The Morgan fingerprint density at radius 1 is 1.05 bits per heavy atom. The summed E-state index contributed by atoms with van der Waals surface area (Å²) >= 11 is 3.53. The highest BCUT2D eigenvalue weighted by Crippen LogP contribution is 2.21. The van der Waals surface area contributed by atoms with E-state index in [2.05, 4.69) is 45.2 Å². The van der Waals surface area contributed by atoms with Crippen LogP contribution in [0.2, 0.25) is 0 Å². The van der Waals surface area contributed by atoms with Crippen LogP contribution in [0.15, 0.2) is 64.1 Å². The molecule has 2 aromatic rings. The molecule has 3 rings (SSSR count). The number of benzene rings is 2. The summed E-state index contributed by atoms with van der Waals surface area (Å²) in [6.45, 7) is 0.658. The minimum absolute atomic E-state index is 0.213. The molecule has 19 heavy (non-hydrogen) atoms. The van der Waals surface area contributed by atoms with Crippen LogP contribution in [0, 0.1) is 0 Å². The first-order chi connectivity index (χ1) is 9.33. The van der Waals surface area contributed by atoms with Gasteiger partial charge in [-0.2, -0.15) is 0 Å². The molecule has 96 valence electrons. The van der Waals surface area contributed by atoms with E-state index in [0.717, 1.165) is 22.4 Å². The quantitative estimate of drug-likeness (QED) is 0.843. The fraction of sp³-hybridized carbons (Fsp3) is 0.188. The predicted octanol–water partition coefficient (Wildman–Crippen LogP) is 3.84. The van der Waals surface area contributed by atoms with Crippen molar-refractivity contribution in [3.63, 3.8) is 0 Å². The molecular formula is C16H14BrNO. The van der Waals surface area contributed by atoms with E-state index >= 15 is 0 Å². The molecule has 0 bridgehead atoms. The predicted molar refractivity (Wildman–Crippen MR) is 80.6 cm³/mol. The number of hydrogen-bond acceptors (Lipinski definition) is 2. The summed E-state index contributed by atoms with van der Waals surface area (Å²) in [6, 6.07) is 18.6. The molecule has 2 aromatic carbocycles. The number of hydrogen-bond donors (Lipinski definition) is 0. The molecule has 0 saturated carbocycles. The van der Waals surface area contributed by atoms with Crippen LogP contribution in [-0.4, -0.2) is 18.5 Å². The van der Waals surface area contributed by atoms with Crippen LogP contribution in [0.4, 0.5) is 0 Å². The zero-order valence-corrected chi connectivity index (χ0v) is 12.0. The third kappa shape index (κ3) is 2.87. The second kappa shape index (κ2) is 5.57. The summed E-state index contributed by atoms with van der Waals surface area (Å²) < 4.78 is 6.75. The molecule has 0 N–H and O–H groups in total. The van der Waals surface area contributed by atoms with Crippen molar-refractivity contribution < 1.29 is 4.74 Å². The van der Waals surface area contributed by atoms with Crippen LogP contribution in [0.1, 0.15) is 11.1 Å². The monoisotopic (exact) mass is 315 g/mol. The Morgan fingerprint density at radius 2 is 1.79 bits per heavy atom.